The van der Waals surface area contributed by atoms with Crippen LogP contribution in [0.3, 0.4) is 0 Å². The van der Waals surface area contributed by atoms with Crippen LogP contribution in [0.5, 0.6) is 0 Å². The first-order chi connectivity index (χ1) is 9.65. The number of nitrogens with one attached hydrogen (secondary N) is 1. The van der Waals surface area contributed by atoms with Crippen molar-refractivity contribution in [1.29, 1.82) is 0 Å². The van der Waals surface area contributed by atoms with Gasteiger partial charge in [0.05, 0.1) is 14.8 Å². The van der Waals surface area contributed by atoms with Crippen LogP contribution in [0.25, 0.3) is 0 Å². The van der Waals surface area contributed by atoms with Crippen LogP contribution in [-0.4, -0.2) is 31.2 Å². The molecular weight excluding hydrogens is 340 g/mol. The third-order valence-electron chi connectivity index (χ3n) is 3.48. The van der Waals surface area contributed by atoms with Crippen molar-refractivity contribution in [3.63, 3.8) is 0 Å². The van der Waals surface area contributed by atoms with E-state index < -0.39 is 0 Å². The van der Waals surface area contributed by atoms with E-state index in [0.29, 0.717) is 25.3 Å². The first-order valence-electron chi connectivity index (χ1n) is 7.06. The molecule has 2 rings (SSSR count). The Kier molecular flexibility index (Phi) is 6.48. The highest BCUT2D eigenvalue weighted by Gasteiger charge is 2.18. The van der Waals surface area contributed by atoms with Crippen LogP contribution < -0.4 is 11.1 Å². The van der Waals surface area contributed by atoms with Crippen molar-refractivity contribution in [2.45, 2.75) is 44.2 Å². The third kappa shape index (κ3) is 5.16. The molecule has 1 amide bonds. The molecule has 6 heteroatoms. The van der Waals surface area contributed by atoms with Crippen molar-refractivity contribution < 1.29 is 9.53 Å². The number of rotatable bonds is 6. The van der Waals surface area contributed by atoms with Crippen LogP contribution in [0.4, 0.5) is 0 Å². The average molecular weight is 361 g/mol. The molecule has 20 heavy (non-hydrogen) atoms. The molecule has 0 aliphatic heterocycles. The smallest absolute Gasteiger partial charge is 0.261 e. The number of carbonyl (C=O) groups is 1. The number of halogens is 1. The second-order valence-electron chi connectivity index (χ2n) is 5.12. The molecule has 1 aliphatic carbocycles. The highest BCUT2D eigenvalue weighted by molar-refractivity contribution is 9.11. The zero-order valence-corrected chi connectivity index (χ0v) is 13.8. The number of thiophene rings is 1. The fourth-order valence-corrected chi connectivity index (χ4v) is 3.61. The maximum absolute atomic E-state index is 11.8. The van der Waals surface area contributed by atoms with Crippen molar-refractivity contribution in [2.24, 2.45) is 5.73 Å². The van der Waals surface area contributed by atoms with E-state index in [4.69, 9.17) is 10.5 Å². The minimum Gasteiger partial charge on any atom is -0.378 e. The van der Waals surface area contributed by atoms with Gasteiger partial charge >= 0.3 is 0 Å². The Morgan fingerprint density at radius 1 is 1.40 bits per heavy atom. The summed E-state index contributed by atoms with van der Waals surface area (Å²) in [6.45, 7) is 1.36. The van der Waals surface area contributed by atoms with E-state index in [-0.39, 0.29) is 5.91 Å². The maximum Gasteiger partial charge on any atom is 0.261 e. The molecule has 3 N–H and O–H groups in total. The Morgan fingerprint density at radius 3 is 2.80 bits per heavy atom. The molecule has 0 unspecified atom stereocenters. The van der Waals surface area contributed by atoms with E-state index in [1.54, 1.807) is 0 Å². The Hall–Kier alpha value is -0.430. The van der Waals surface area contributed by atoms with Gasteiger partial charge in [0.25, 0.3) is 5.91 Å². The Labute approximate surface area is 132 Å². The van der Waals surface area contributed by atoms with Gasteiger partial charge in [0.1, 0.15) is 0 Å². The summed E-state index contributed by atoms with van der Waals surface area (Å²) >= 11 is 4.80. The summed E-state index contributed by atoms with van der Waals surface area (Å²) < 4.78 is 6.78. The van der Waals surface area contributed by atoms with Crippen molar-refractivity contribution in [3.8, 4) is 0 Å². The lowest BCUT2D eigenvalue weighted by molar-refractivity contribution is 0.0241. The van der Waals surface area contributed by atoms with Gasteiger partial charge < -0.3 is 15.8 Å². The largest absolute Gasteiger partial charge is 0.378 e. The summed E-state index contributed by atoms with van der Waals surface area (Å²) in [5.41, 5.74) is 5.86. The zero-order chi connectivity index (χ0) is 14.4. The summed E-state index contributed by atoms with van der Waals surface area (Å²) in [7, 11) is 0. The molecule has 0 radical (unpaired) electrons. The monoisotopic (exact) mass is 360 g/mol. The second kappa shape index (κ2) is 8.12. The van der Waals surface area contributed by atoms with Crippen LogP contribution >= 0.6 is 27.3 Å². The van der Waals surface area contributed by atoms with Gasteiger partial charge in [-0.2, -0.15) is 0 Å². The Morgan fingerprint density at radius 2 is 2.15 bits per heavy atom. The lowest BCUT2D eigenvalue weighted by Crippen LogP contribution is -2.31. The molecule has 1 aromatic heterocycles. The molecule has 0 bridgehead atoms. The van der Waals surface area contributed by atoms with E-state index >= 15 is 0 Å². The summed E-state index contributed by atoms with van der Waals surface area (Å²) in [5, 5.41) is 2.91. The molecule has 1 aromatic rings. The molecule has 0 saturated heterocycles. The van der Waals surface area contributed by atoms with Gasteiger partial charge in [-0.1, -0.05) is 0 Å². The number of nitrogens with two attached hydrogens (primary N) is 1. The minimum absolute atomic E-state index is 0.00987. The van der Waals surface area contributed by atoms with Crippen LogP contribution in [0.2, 0.25) is 0 Å². The fourth-order valence-electron chi connectivity index (χ4n) is 2.30. The summed E-state index contributed by atoms with van der Waals surface area (Å²) in [5.74, 6) is -0.00987. The fraction of sp³-hybridized carbons (Fsp3) is 0.643. The topological polar surface area (TPSA) is 64.3 Å². The van der Waals surface area contributed by atoms with E-state index in [2.05, 4.69) is 21.2 Å². The van der Waals surface area contributed by atoms with E-state index in [1.165, 1.54) is 11.3 Å². The lowest BCUT2D eigenvalue weighted by Gasteiger charge is -2.26. The number of carbonyl (C=O) groups excluding carboxylic acids is 1. The molecule has 1 aliphatic rings. The summed E-state index contributed by atoms with van der Waals surface area (Å²) in [6, 6.07) is 4.07. The Balaban J connectivity index is 1.54. The lowest BCUT2D eigenvalue weighted by atomic mass is 9.94. The molecule has 1 fully saturated rings. The van der Waals surface area contributed by atoms with E-state index in [9.17, 15) is 4.79 Å². The van der Waals surface area contributed by atoms with Gasteiger partial charge in [-0.05, 0) is 60.2 Å². The van der Waals surface area contributed by atoms with E-state index in [0.717, 1.165) is 40.8 Å². The zero-order valence-electron chi connectivity index (χ0n) is 11.4. The van der Waals surface area contributed by atoms with Crippen molar-refractivity contribution in [3.05, 3.63) is 20.8 Å². The first kappa shape index (κ1) is 15.9. The quantitative estimate of drug-likeness (QED) is 0.766. The summed E-state index contributed by atoms with van der Waals surface area (Å²) in [6.07, 6.45) is 5.47. The molecule has 0 spiro atoms. The normalized spacial score (nSPS) is 22.7. The predicted molar refractivity (Wildman–Crippen MR) is 85.2 cm³/mol. The molecule has 0 aromatic carbocycles. The van der Waals surface area contributed by atoms with Crippen molar-refractivity contribution in [2.75, 3.05) is 13.2 Å². The Bertz CT molecular complexity index is 431. The molecular formula is C14H21BrN2O2S. The molecule has 1 heterocycles. The highest BCUT2D eigenvalue weighted by atomic mass is 79.9. The van der Waals surface area contributed by atoms with E-state index in [1.807, 2.05) is 12.1 Å². The van der Waals surface area contributed by atoms with Crippen LogP contribution in [-0.2, 0) is 4.74 Å². The third-order valence-corrected chi connectivity index (χ3v) is 5.10. The van der Waals surface area contributed by atoms with Gasteiger partial charge in [0.15, 0.2) is 0 Å². The molecule has 4 nitrogen and oxygen atoms in total. The first-order valence-corrected chi connectivity index (χ1v) is 8.67. The van der Waals surface area contributed by atoms with Gasteiger partial charge in [0.2, 0.25) is 0 Å². The van der Waals surface area contributed by atoms with Gasteiger partial charge in [-0.25, -0.2) is 0 Å². The minimum atomic E-state index is -0.00987. The number of hydrogen-bond acceptors (Lipinski definition) is 4. The average Bonchev–Trinajstić information content (AvgIpc) is 2.87. The molecule has 1 saturated carbocycles. The van der Waals surface area contributed by atoms with Crippen molar-refractivity contribution >= 4 is 33.2 Å². The maximum atomic E-state index is 11.8. The van der Waals surface area contributed by atoms with Crippen LogP contribution in [0.15, 0.2) is 15.9 Å². The molecule has 112 valence electrons. The number of ether oxygens (including phenoxy) is 1. The number of amides is 1. The number of hydrogen-bond donors (Lipinski definition) is 2. The van der Waals surface area contributed by atoms with Gasteiger partial charge in [-0.3, -0.25) is 4.79 Å². The van der Waals surface area contributed by atoms with Gasteiger partial charge in [-0.15, -0.1) is 11.3 Å². The standard InChI is InChI=1S/C14H21BrN2O2S/c15-13-7-6-12(20-13)14(18)17-8-1-9-19-11-4-2-10(16)3-5-11/h6-7,10-11H,1-5,8-9,16H2,(H,17,18). The van der Waals surface area contributed by atoms with Crippen LogP contribution in [0, 0.1) is 0 Å². The summed E-state index contributed by atoms with van der Waals surface area (Å²) in [4.78, 5) is 12.5. The predicted octanol–water partition coefficient (Wildman–Crippen LogP) is 2.92. The van der Waals surface area contributed by atoms with Crippen LogP contribution in [0.1, 0.15) is 41.8 Å². The van der Waals surface area contributed by atoms with Crippen molar-refractivity contribution in [1.82, 2.24) is 5.32 Å². The SMILES string of the molecule is NC1CCC(OCCCNC(=O)c2ccc(Br)s2)CC1. The molecule has 0 atom stereocenters. The second-order valence-corrected chi connectivity index (χ2v) is 7.58. The van der Waals surface area contributed by atoms with Gasteiger partial charge in [0, 0.05) is 19.2 Å². The highest BCUT2D eigenvalue weighted by Crippen LogP contribution is 2.22.